The molecule has 0 aliphatic carbocycles. The molecule has 0 spiro atoms. The Morgan fingerprint density at radius 3 is 2.62 bits per heavy atom. The molecule has 0 saturated carbocycles. The quantitative estimate of drug-likeness (QED) is 0.363. The third-order valence-corrected chi connectivity index (χ3v) is 4.85. The van der Waals surface area contributed by atoms with Crippen molar-refractivity contribution >= 4 is 39.1 Å². The molecule has 5 heteroatoms. The number of thiazole rings is 1. The standard InChI is InChI=1S/C19H18N2OS.HI/c1-3-21-17-10-6-7-11-18(17)23-19(21)12-13-20-16-9-5-4-8-15(16)14(2)22;/h4-13H,3H2,1-2H3;1H. The topological polar surface area (TPSA) is 33.0 Å². The van der Waals surface area contributed by atoms with Crippen molar-refractivity contribution in [2.75, 3.05) is 5.32 Å². The Hall–Kier alpha value is -1.73. The first-order valence-electron chi connectivity index (χ1n) is 7.65. The van der Waals surface area contributed by atoms with E-state index >= 15 is 0 Å². The van der Waals surface area contributed by atoms with E-state index in [1.807, 2.05) is 30.5 Å². The maximum absolute atomic E-state index is 11.7. The predicted molar refractivity (Wildman–Crippen MR) is 96.8 cm³/mol. The van der Waals surface area contributed by atoms with Gasteiger partial charge >= 0.3 is 0 Å². The van der Waals surface area contributed by atoms with Crippen LogP contribution >= 0.6 is 11.3 Å². The van der Waals surface area contributed by atoms with Crippen molar-refractivity contribution in [3.63, 3.8) is 0 Å². The first kappa shape index (κ1) is 18.6. The lowest BCUT2D eigenvalue weighted by atomic mass is 10.1. The number of carbonyl (C=O) groups is 1. The molecule has 0 aliphatic rings. The molecular formula is C19H19IN2OS. The van der Waals surface area contributed by atoms with Gasteiger partial charge in [-0.15, -0.1) is 0 Å². The molecule has 0 fully saturated rings. The second-order valence-electron chi connectivity index (χ2n) is 5.23. The van der Waals surface area contributed by atoms with E-state index in [0.717, 1.165) is 12.2 Å². The van der Waals surface area contributed by atoms with Crippen molar-refractivity contribution in [3.05, 3.63) is 65.3 Å². The Morgan fingerprint density at radius 1 is 1.17 bits per heavy atom. The number of Topliss-reactive ketones (excluding diaryl/α,β-unsaturated/α-hetero) is 1. The zero-order valence-electron chi connectivity index (χ0n) is 13.6. The minimum absolute atomic E-state index is 0. The number of nitrogens with zero attached hydrogens (tertiary/aromatic N) is 1. The van der Waals surface area contributed by atoms with Crippen molar-refractivity contribution in [1.82, 2.24) is 0 Å². The lowest BCUT2D eigenvalue weighted by Gasteiger charge is -2.05. The summed E-state index contributed by atoms with van der Waals surface area (Å²) in [4.78, 5) is 11.7. The molecule has 0 saturated heterocycles. The minimum atomic E-state index is 0. The van der Waals surface area contributed by atoms with Crippen molar-refractivity contribution in [2.24, 2.45) is 0 Å². The molecule has 3 aromatic rings. The summed E-state index contributed by atoms with van der Waals surface area (Å²) in [7, 11) is 0. The molecule has 0 aliphatic heterocycles. The SMILES string of the molecule is CC[n+]1c(/C=C/Nc2ccccc2C(C)=O)sc2ccccc21.[I-]. The summed E-state index contributed by atoms with van der Waals surface area (Å²) in [6, 6.07) is 16.0. The monoisotopic (exact) mass is 450 g/mol. The number of aryl methyl sites for hydroxylation is 1. The van der Waals surface area contributed by atoms with Crippen LogP contribution in [0.2, 0.25) is 0 Å². The summed E-state index contributed by atoms with van der Waals surface area (Å²) in [5.41, 5.74) is 2.79. The summed E-state index contributed by atoms with van der Waals surface area (Å²) in [6.07, 6.45) is 3.96. The van der Waals surface area contributed by atoms with Gasteiger partial charge in [-0.3, -0.25) is 4.79 Å². The number of halogens is 1. The van der Waals surface area contributed by atoms with E-state index in [-0.39, 0.29) is 29.8 Å². The van der Waals surface area contributed by atoms with E-state index < -0.39 is 0 Å². The number of ketones is 1. The van der Waals surface area contributed by atoms with Gasteiger partial charge in [0.1, 0.15) is 11.2 Å². The van der Waals surface area contributed by atoms with Crippen LogP contribution in [-0.4, -0.2) is 5.78 Å². The molecule has 0 amide bonds. The number of para-hydroxylation sites is 2. The van der Waals surface area contributed by atoms with Crippen LogP contribution in [0.1, 0.15) is 29.2 Å². The average Bonchev–Trinajstić information content (AvgIpc) is 2.92. The van der Waals surface area contributed by atoms with Gasteiger partial charge in [-0.25, -0.2) is 0 Å². The summed E-state index contributed by atoms with van der Waals surface area (Å²) >= 11 is 1.76. The predicted octanol–water partition coefficient (Wildman–Crippen LogP) is 1.50. The molecule has 2 aromatic carbocycles. The Labute approximate surface area is 163 Å². The molecule has 24 heavy (non-hydrogen) atoms. The van der Waals surface area contributed by atoms with Gasteiger partial charge in [-0.1, -0.05) is 35.6 Å². The summed E-state index contributed by atoms with van der Waals surface area (Å²) in [5.74, 6) is 0.0620. The van der Waals surface area contributed by atoms with E-state index in [9.17, 15) is 4.79 Å². The maximum atomic E-state index is 11.7. The van der Waals surface area contributed by atoms with Crippen LogP contribution < -0.4 is 33.9 Å². The van der Waals surface area contributed by atoms with E-state index in [1.165, 1.54) is 15.2 Å². The van der Waals surface area contributed by atoms with Gasteiger partial charge in [0.05, 0.1) is 0 Å². The van der Waals surface area contributed by atoms with E-state index in [1.54, 1.807) is 18.3 Å². The van der Waals surface area contributed by atoms with Gasteiger partial charge in [0.25, 0.3) is 5.01 Å². The van der Waals surface area contributed by atoms with E-state index in [4.69, 9.17) is 0 Å². The summed E-state index contributed by atoms with van der Waals surface area (Å²) in [5, 5.41) is 4.41. The van der Waals surface area contributed by atoms with E-state index in [0.29, 0.717) is 5.56 Å². The molecule has 0 bridgehead atoms. The first-order chi connectivity index (χ1) is 11.2. The number of carbonyl (C=O) groups excluding carboxylic acids is 1. The van der Waals surface area contributed by atoms with Gasteiger partial charge in [0.15, 0.2) is 5.78 Å². The van der Waals surface area contributed by atoms with Gasteiger partial charge in [-0.2, -0.15) is 4.57 Å². The average molecular weight is 450 g/mol. The number of hydrogen-bond donors (Lipinski definition) is 1. The highest BCUT2D eigenvalue weighted by molar-refractivity contribution is 7.18. The van der Waals surface area contributed by atoms with Crippen molar-refractivity contribution in [3.8, 4) is 0 Å². The van der Waals surface area contributed by atoms with Crippen LogP contribution in [0.5, 0.6) is 0 Å². The first-order valence-corrected chi connectivity index (χ1v) is 8.46. The normalized spacial score (nSPS) is 10.8. The van der Waals surface area contributed by atoms with Crippen LogP contribution in [-0.2, 0) is 6.54 Å². The highest BCUT2D eigenvalue weighted by Crippen LogP contribution is 2.21. The molecule has 3 rings (SSSR count). The number of benzene rings is 2. The Bertz CT molecular complexity index is 886. The molecule has 1 N–H and O–H groups in total. The van der Waals surface area contributed by atoms with Crippen molar-refractivity contribution in [2.45, 2.75) is 20.4 Å². The number of anilines is 1. The van der Waals surface area contributed by atoms with Crippen LogP contribution in [0.4, 0.5) is 5.69 Å². The Balaban J connectivity index is 0.00000208. The van der Waals surface area contributed by atoms with Gasteiger partial charge in [0.2, 0.25) is 5.52 Å². The fourth-order valence-corrected chi connectivity index (χ4v) is 3.75. The zero-order chi connectivity index (χ0) is 16.2. The summed E-state index contributed by atoms with van der Waals surface area (Å²) < 4.78 is 3.56. The molecular weight excluding hydrogens is 431 g/mol. The maximum Gasteiger partial charge on any atom is 0.264 e. The third kappa shape index (κ3) is 3.84. The van der Waals surface area contributed by atoms with Crippen molar-refractivity contribution < 1.29 is 33.3 Å². The molecule has 1 aromatic heterocycles. The Morgan fingerprint density at radius 2 is 1.88 bits per heavy atom. The highest BCUT2D eigenvalue weighted by Gasteiger charge is 2.15. The number of aromatic nitrogens is 1. The van der Waals surface area contributed by atoms with Crippen molar-refractivity contribution in [1.29, 1.82) is 0 Å². The summed E-state index contributed by atoms with van der Waals surface area (Å²) in [6.45, 7) is 4.66. The second kappa shape index (κ2) is 8.39. The van der Waals surface area contributed by atoms with Crippen LogP contribution in [0, 0.1) is 0 Å². The molecule has 124 valence electrons. The lowest BCUT2D eigenvalue weighted by Crippen LogP contribution is -3.00. The molecule has 1 heterocycles. The fourth-order valence-electron chi connectivity index (χ4n) is 2.62. The number of rotatable bonds is 5. The van der Waals surface area contributed by atoms with Gasteiger partial charge in [-0.05, 0) is 32.0 Å². The molecule has 0 unspecified atom stereocenters. The second-order valence-corrected chi connectivity index (χ2v) is 6.29. The number of fused-ring (bicyclic) bond motifs is 1. The fraction of sp³-hybridized carbons (Fsp3) is 0.158. The van der Waals surface area contributed by atoms with Gasteiger partial charge < -0.3 is 29.3 Å². The molecule has 0 radical (unpaired) electrons. The Kier molecular flexibility index (Phi) is 6.51. The molecule has 3 nitrogen and oxygen atoms in total. The number of nitrogens with one attached hydrogen (secondary N) is 1. The van der Waals surface area contributed by atoms with E-state index in [2.05, 4.69) is 47.1 Å². The minimum Gasteiger partial charge on any atom is -1.00 e. The van der Waals surface area contributed by atoms with Crippen LogP contribution in [0.3, 0.4) is 0 Å². The smallest absolute Gasteiger partial charge is 0.264 e. The van der Waals surface area contributed by atoms with Gasteiger partial charge in [0, 0.05) is 29.6 Å². The van der Waals surface area contributed by atoms with Crippen LogP contribution in [0.25, 0.3) is 16.3 Å². The lowest BCUT2D eigenvalue weighted by molar-refractivity contribution is -0.665. The van der Waals surface area contributed by atoms with Crippen LogP contribution in [0.15, 0.2) is 54.7 Å². The molecule has 0 atom stereocenters. The third-order valence-electron chi connectivity index (χ3n) is 3.72. The highest BCUT2D eigenvalue weighted by atomic mass is 127. The largest absolute Gasteiger partial charge is 1.00 e. The zero-order valence-corrected chi connectivity index (χ0v) is 16.6. The number of hydrogen-bond acceptors (Lipinski definition) is 3.